The number of ether oxygens (including phenoxy) is 3. The highest BCUT2D eigenvalue weighted by Gasteiger charge is 2.70. The van der Waals surface area contributed by atoms with Gasteiger partial charge in [-0.25, -0.2) is 4.79 Å². The molecule has 3 aliphatic heterocycles. The number of aliphatic hydroxyl groups excluding tert-OH is 1. The molecule has 1 N–H and O–H groups in total. The number of carbonyl (C=O) groups excluding carboxylic acids is 2. The van der Waals surface area contributed by atoms with Crippen LogP contribution in [0, 0.1) is 22.7 Å². The maximum atomic E-state index is 12.8. The monoisotopic (exact) mass is 360 g/mol. The summed E-state index contributed by atoms with van der Waals surface area (Å²) in [5.74, 6) is -0.362. The van der Waals surface area contributed by atoms with Crippen molar-refractivity contribution >= 4 is 11.9 Å². The molecule has 4 fully saturated rings. The average Bonchev–Trinajstić information content (AvgIpc) is 2.92. The normalized spacial score (nSPS) is 49.8. The summed E-state index contributed by atoms with van der Waals surface area (Å²) in [4.78, 5) is 24.4. The van der Waals surface area contributed by atoms with Crippen LogP contribution in [0.15, 0.2) is 23.8 Å². The van der Waals surface area contributed by atoms with Crippen LogP contribution in [0.3, 0.4) is 0 Å². The van der Waals surface area contributed by atoms with Crippen molar-refractivity contribution in [2.75, 3.05) is 0 Å². The molecule has 140 valence electrons. The van der Waals surface area contributed by atoms with E-state index in [2.05, 4.69) is 6.58 Å². The highest BCUT2D eigenvalue weighted by molar-refractivity contribution is 5.85. The second kappa shape index (κ2) is 5.20. The summed E-state index contributed by atoms with van der Waals surface area (Å²) in [6.07, 6.45) is 4.12. The van der Waals surface area contributed by atoms with Gasteiger partial charge in [0.25, 0.3) is 0 Å². The molecule has 0 radical (unpaired) electrons. The van der Waals surface area contributed by atoms with Gasteiger partial charge in [-0.3, -0.25) is 4.79 Å². The summed E-state index contributed by atoms with van der Waals surface area (Å²) in [6, 6.07) is 0. The summed E-state index contributed by atoms with van der Waals surface area (Å²) in [7, 11) is 0. The van der Waals surface area contributed by atoms with Crippen LogP contribution in [0.1, 0.15) is 45.4 Å². The molecule has 5 aliphatic rings. The third-order valence-electron chi connectivity index (χ3n) is 7.65. The smallest absolute Gasteiger partial charge is 0.333 e. The van der Waals surface area contributed by atoms with Gasteiger partial charge in [0.1, 0.15) is 0 Å². The van der Waals surface area contributed by atoms with Crippen LogP contribution in [0.5, 0.6) is 0 Å². The molecule has 0 aromatic heterocycles. The Balaban J connectivity index is 1.57. The molecule has 0 aromatic carbocycles. The summed E-state index contributed by atoms with van der Waals surface area (Å²) < 4.78 is 16.9. The van der Waals surface area contributed by atoms with Crippen LogP contribution in [0.2, 0.25) is 0 Å². The molecule has 0 unspecified atom stereocenters. The van der Waals surface area contributed by atoms with Gasteiger partial charge in [-0.15, -0.1) is 0 Å². The lowest BCUT2D eigenvalue weighted by Crippen LogP contribution is -2.68. The fourth-order valence-corrected chi connectivity index (χ4v) is 6.47. The van der Waals surface area contributed by atoms with E-state index in [1.807, 2.05) is 6.92 Å². The molecule has 0 aromatic rings. The Morgan fingerprint density at radius 1 is 1.27 bits per heavy atom. The minimum absolute atomic E-state index is 0.154. The average molecular weight is 360 g/mol. The minimum atomic E-state index is -1.29. The van der Waals surface area contributed by atoms with Crippen LogP contribution < -0.4 is 0 Å². The Labute approximate surface area is 152 Å². The lowest BCUT2D eigenvalue weighted by atomic mass is 9.43. The standard InChI is InChI=1S/C20H24O6/c1-10-4-5-14-19(2)6-3-7-20(14)12(10)9-13(24-18(20)26-17(19)23)11-8-15(21)25-16(11)22/h8,12-14,16,18,22H,1,3-7,9H2,2H3/t12-,13-,14-,16-,18+,19-,20-/m0/s1. The minimum Gasteiger partial charge on any atom is -0.435 e. The zero-order valence-corrected chi connectivity index (χ0v) is 14.9. The first kappa shape index (κ1) is 16.5. The Kier molecular flexibility index (Phi) is 3.30. The van der Waals surface area contributed by atoms with Gasteiger partial charge >= 0.3 is 11.9 Å². The van der Waals surface area contributed by atoms with Crippen LogP contribution >= 0.6 is 0 Å². The quantitative estimate of drug-likeness (QED) is 0.570. The van der Waals surface area contributed by atoms with Gasteiger partial charge < -0.3 is 19.3 Å². The third kappa shape index (κ3) is 1.89. The third-order valence-corrected chi connectivity index (χ3v) is 7.65. The Morgan fingerprint density at radius 2 is 2.08 bits per heavy atom. The predicted molar refractivity (Wildman–Crippen MR) is 89.3 cm³/mol. The number of rotatable bonds is 1. The van der Waals surface area contributed by atoms with Gasteiger partial charge in [-0.2, -0.15) is 0 Å². The van der Waals surface area contributed by atoms with Crippen LogP contribution in [-0.4, -0.2) is 35.7 Å². The van der Waals surface area contributed by atoms with Gasteiger partial charge in [-0.05, 0) is 50.9 Å². The molecule has 1 spiro atoms. The summed E-state index contributed by atoms with van der Waals surface area (Å²) >= 11 is 0. The summed E-state index contributed by atoms with van der Waals surface area (Å²) in [6.45, 7) is 6.37. The molecule has 2 saturated carbocycles. The maximum absolute atomic E-state index is 12.8. The SMILES string of the molecule is C=C1CC[C@@H]2[C@@]34CCC[C@]2(C)C(=O)O[C@H]3O[C@H](C2=CC(=O)O[C@@H]2O)C[C@@H]14. The molecule has 2 bridgehead atoms. The van der Waals surface area contributed by atoms with Gasteiger partial charge in [0.15, 0.2) is 0 Å². The Morgan fingerprint density at radius 3 is 2.81 bits per heavy atom. The van der Waals surface area contributed by atoms with Crippen molar-refractivity contribution in [3.05, 3.63) is 23.8 Å². The molecule has 3 heterocycles. The number of aliphatic hydroxyl groups is 1. The van der Waals surface area contributed by atoms with E-state index in [-0.39, 0.29) is 23.2 Å². The lowest BCUT2D eigenvalue weighted by Gasteiger charge is -2.66. The molecule has 6 heteroatoms. The number of allylic oxidation sites excluding steroid dienone is 1. The first-order valence-corrected chi connectivity index (χ1v) is 9.50. The van der Waals surface area contributed by atoms with Gasteiger partial charge in [0, 0.05) is 17.1 Å². The molecular formula is C20H24O6. The van der Waals surface area contributed by atoms with Crippen LogP contribution in [-0.2, 0) is 23.8 Å². The van der Waals surface area contributed by atoms with Crippen molar-refractivity contribution in [3.63, 3.8) is 0 Å². The molecule has 7 atom stereocenters. The molecule has 2 saturated heterocycles. The van der Waals surface area contributed by atoms with E-state index in [0.29, 0.717) is 12.0 Å². The van der Waals surface area contributed by atoms with E-state index in [0.717, 1.165) is 32.1 Å². The fraction of sp³-hybridized carbons (Fsp3) is 0.700. The fourth-order valence-electron chi connectivity index (χ4n) is 6.47. The molecular weight excluding hydrogens is 336 g/mol. The second-order valence-electron chi connectivity index (χ2n) is 8.72. The number of cyclic esters (lactones) is 1. The van der Waals surface area contributed by atoms with Crippen molar-refractivity contribution in [2.45, 2.75) is 64.1 Å². The molecule has 2 aliphatic carbocycles. The van der Waals surface area contributed by atoms with Crippen molar-refractivity contribution < 1.29 is 28.9 Å². The van der Waals surface area contributed by atoms with Gasteiger partial charge in [-0.1, -0.05) is 18.6 Å². The van der Waals surface area contributed by atoms with E-state index >= 15 is 0 Å². The van der Waals surface area contributed by atoms with E-state index in [1.165, 1.54) is 11.6 Å². The van der Waals surface area contributed by atoms with Crippen molar-refractivity contribution in [2.24, 2.45) is 22.7 Å². The van der Waals surface area contributed by atoms with Gasteiger partial charge in [0.05, 0.1) is 11.5 Å². The number of carbonyl (C=O) groups is 2. The zero-order valence-electron chi connectivity index (χ0n) is 14.9. The van der Waals surface area contributed by atoms with Crippen molar-refractivity contribution in [3.8, 4) is 0 Å². The Hall–Kier alpha value is -1.66. The van der Waals surface area contributed by atoms with Crippen molar-refractivity contribution in [1.29, 1.82) is 0 Å². The highest BCUT2D eigenvalue weighted by atomic mass is 16.7. The topological polar surface area (TPSA) is 82.1 Å². The van der Waals surface area contributed by atoms with Gasteiger partial charge in [0.2, 0.25) is 12.6 Å². The van der Waals surface area contributed by atoms with E-state index in [1.54, 1.807) is 0 Å². The van der Waals surface area contributed by atoms with E-state index < -0.39 is 30.1 Å². The second-order valence-corrected chi connectivity index (χ2v) is 8.72. The molecule has 26 heavy (non-hydrogen) atoms. The first-order valence-electron chi connectivity index (χ1n) is 9.50. The molecule has 0 amide bonds. The maximum Gasteiger partial charge on any atom is 0.333 e. The number of esters is 2. The molecule has 5 rings (SSSR count). The molecule has 6 nitrogen and oxygen atoms in total. The number of hydrogen-bond donors (Lipinski definition) is 1. The zero-order chi connectivity index (χ0) is 18.3. The summed E-state index contributed by atoms with van der Waals surface area (Å²) in [5, 5.41) is 10.0. The largest absolute Gasteiger partial charge is 0.435 e. The van der Waals surface area contributed by atoms with Crippen molar-refractivity contribution in [1.82, 2.24) is 0 Å². The number of hydrogen-bond acceptors (Lipinski definition) is 6. The first-order chi connectivity index (χ1) is 12.4. The summed E-state index contributed by atoms with van der Waals surface area (Å²) in [5.41, 5.74) is 0.902. The van der Waals surface area contributed by atoms with Crippen LogP contribution in [0.4, 0.5) is 0 Å². The van der Waals surface area contributed by atoms with Crippen LogP contribution in [0.25, 0.3) is 0 Å². The highest BCUT2D eigenvalue weighted by Crippen LogP contribution is 2.68. The predicted octanol–water partition coefficient (Wildman–Crippen LogP) is 2.22. The van der Waals surface area contributed by atoms with E-state index in [9.17, 15) is 14.7 Å². The lowest BCUT2D eigenvalue weighted by molar-refractivity contribution is -0.325. The van der Waals surface area contributed by atoms with E-state index in [4.69, 9.17) is 14.2 Å². The Bertz CT molecular complexity index is 741.